The van der Waals surface area contributed by atoms with Gasteiger partial charge >= 0.3 is 0 Å². The molecule has 0 bridgehead atoms. The van der Waals surface area contributed by atoms with E-state index >= 15 is 0 Å². The fraction of sp³-hybridized carbons (Fsp3) is 0.120. The van der Waals surface area contributed by atoms with Crippen LogP contribution in [0, 0.1) is 0 Å². The van der Waals surface area contributed by atoms with Gasteiger partial charge in [0.25, 0.3) is 5.78 Å². The highest BCUT2D eigenvalue weighted by Gasteiger charge is 2.15. The van der Waals surface area contributed by atoms with Crippen molar-refractivity contribution in [3.63, 3.8) is 0 Å². The Bertz CT molecular complexity index is 1460. The third-order valence-electron chi connectivity index (χ3n) is 5.63. The number of hydrogen-bond acceptors (Lipinski definition) is 5. The van der Waals surface area contributed by atoms with Gasteiger partial charge < -0.3 is 4.90 Å². The average Bonchev–Trinajstić information content (AvgIpc) is 3.32. The van der Waals surface area contributed by atoms with E-state index < -0.39 is 0 Å². The Kier molecular flexibility index (Phi) is 5.07. The normalized spacial score (nSPS) is 11.2. The lowest BCUT2D eigenvalue weighted by atomic mass is 10.0. The molecule has 0 spiro atoms. The van der Waals surface area contributed by atoms with E-state index in [9.17, 15) is 0 Å². The van der Waals surface area contributed by atoms with Crippen LogP contribution in [0.15, 0.2) is 73.7 Å². The van der Waals surface area contributed by atoms with Gasteiger partial charge in [-0.3, -0.25) is 9.38 Å². The number of aromatic nitrogens is 5. The van der Waals surface area contributed by atoms with Gasteiger partial charge in [-0.05, 0) is 54.0 Å². The van der Waals surface area contributed by atoms with Gasteiger partial charge in [0, 0.05) is 34.9 Å². The van der Waals surface area contributed by atoms with Crippen LogP contribution >= 0.6 is 11.6 Å². The van der Waals surface area contributed by atoms with Crippen LogP contribution in [0.25, 0.3) is 33.4 Å². The summed E-state index contributed by atoms with van der Waals surface area (Å²) in [5.74, 6) is 1.30. The number of allylic oxidation sites excluding steroid dienone is 1. The van der Waals surface area contributed by atoms with Crippen molar-refractivity contribution in [1.82, 2.24) is 24.6 Å². The minimum atomic E-state index is 0.522. The molecule has 0 unspecified atom stereocenters. The second kappa shape index (κ2) is 8.05. The molecule has 158 valence electrons. The molecule has 0 radical (unpaired) electrons. The van der Waals surface area contributed by atoms with E-state index in [0.717, 1.165) is 51.2 Å². The highest BCUT2D eigenvalue weighted by atomic mass is 35.5. The van der Waals surface area contributed by atoms with Crippen molar-refractivity contribution in [2.45, 2.75) is 13.3 Å². The van der Waals surface area contributed by atoms with Gasteiger partial charge in [-0.2, -0.15) is 4.98 Å². The zero-order chi connectivity index (χ0) is 22.2. The quantitative estimate of drug-likeness (QED) is 0.326. The van der Waals surface area contributed by atoms with Crippen LogP contribution < -0.4 is 4.90 Å². The van der Waals surface area contributed by atoms with E-state index in [2.05, 4.69) is 57.8 Å². The fourth-order valence-electron chi connectivity index (χ4n) is 3.75. The fourth-order valence-corrected chi connectivity index (χ4v) is 3.92. The van der Waals surface area contributed by atoms with Gasteiger partial charge in [0.05, 0.1) is 11.2 Å². The summed E-state index contributed by atoms with van der Waals surface area (Å²) in [6.45, 7) is 6.15. The third-order valence-corrected chi connectivity index (χ3v) is 5.87. The van der Waals surface area contributed by atoms with Gasteiger partial charge in [0.2, 0.25) is 0 Å². The number of halogens is 1. The summed E-state index contributed by atoms with van der Waals surface area (Å²) in [7, 11) is 1.99. The van der Waals surface area contributed by atoms with E-state index in [0.29, 0.717) is 10.8 Å². The van der Waals surface area contributed by atoms with Gasteiger partial charge in [-0.1, -0.05) is 43.3 Å². The molecule has 0 aliphatic rings. The van der Waals surface area contributed by atoms with Crippen LogP contribution in [0.2, 0.25) is 5.02 Å². The van der Waals surface area contributed by atoms with Gasteiger partial charge in [0.1, 0.15) is 12.1 Å². The Labute approximate surface area is 190 Å². The molecule has 5 aromatic rings. The van der Waals surface area contributed by atoms with E-state index in [-0.39, 0.29) is 0 Å². The molecule has 7 heteroatoms. The SMILES string of the molecule is C=C(CC)c1ccc(-c2cccc(N(C)c3nc4nncn4c4cc(Cl)ccc34)c2)cn1. The summed E-state index contributed by atoms with van der Waals surface area (Å²) in [5, 5.41) is 9.76. The molecule has 0 N–H and O–H groups in total. The van der Waals surface area contributed by atoms with Gasteiger partial charge in [-0.15, -0.1) is 10.2 Å². The smallest absolute Gasteiger partial charge is 0.257 e. The molecular formula is C25H21ClN6. The van der Waals surface area contributed by atoms with Crippen LogP contribution in [-0.2, 0) is 0 Å². The lowest BCUT2D eigenvalue weighted by Gasteiger charge is -2.21. The van der Waals surface area contributed by atoms with E-state index in [1.165, 1.54) is 0 Å². The molecule has 3 heterocycles. The number of anilines is 2. The maximum atomic E-state index is 6.26. The summed E-state index contributed by atoms with van der Waals surface area (Å²) in [4.78, 5) is 11.4. The molecule has 32 heavy (non-hydrogen) atoms. The first-order chi connectivity index (χ1) is 15.5. The van der Waals surface area contributed by atoms with Crippen LogP contribution in [0.4, 0.5) is 11.5 Å². The lowest BCUT2D eigenvalue weighted by molar-refractivity contribution is 1.08. The predicted octanol–water partition coefficient (Wildman–Crippen LogP) is 6.18. The Hall–Kier alpha value is -3.77. The Balaban J connectivity index is 1.57. The van der Waals surface area contributed by atoms with Crippen molar-refractivity contribution in [2.24, 2.45) is 0 Å². The minimum Gasteiger partial charge on any atom is -0.329 e. The van der Waals surface area contributed by atoms with E-state index in [4.69, 9.17) is 16.6 Å². The van der Waals surface area contributed by atoms with Crippen molar-refractivity contribution < 1.29 is 0 Å². The van der Waals surface area contributed by atoms with Crippen molar-refractivity contribution in [1.29, 1.82) is 0 Å². The largest absolute Gasteiger partial charge is 0.329 e. The highest BCUT2D eigenvalue weighted by molar-refractivity contribution is 6.31. The molecule has 0 saturated heterocycles. The van der Waals surface area contributed by atoms with E-state index in [1.807, 2.05) is 48.0 Å². The number of nitrogens with zero attached hydrogens (tertiary/aromatic N) is 6. The predicted molar refractivity (Wildman–Crippen MR) is 130 cm³/mol. The maximum absolute atomic E-state index is 6.26. The molecule has 0 fully saturated rings. The summed E-state index contributed by atoms with van der Waals surface area (Å²) in [5.41, 5.74) is 5.99. The molecule has 0 amide bonds. The van der Waals surface area contributed by atoms with Crippen molar-refractivity contribution in [3.05, 3.63) is 84.4 Å². The maximum Gasteiger partial charge on any atom is 0.257 e. The first-order valence-corrected chi connectivity index (χ1v) is 10.7. The summed E-state index contributed by atoms with van der Waals surface area (Å²) in [6, 6.07) is 18.2. The molecular weight excluding hydrogens is 420 g/mol. The standard InChI is InChI=1S/C25H21ClN6/c1-4-16(2)22-11-8-18(14-27-22)17-6-5-7-20(12-17)31(3)24-21-10-9-19(26)13-23(21)32-15-28-30-25(32)29-24/h5-15H,2,4H2,1,3H3. The van der Waals surface area contributed by atoms with Crippen LogP contribution in [0.3, 0.4) is 0 Å². The average molecular weight is 441 g/mol. The number of fused-ring (bicyclic) bond motifs is 3. The van der Waals surface area contributed by atoms with Crippen LogP contribution in [0.5, 0.6) is 0 Å². The van der Waals surface area contributed by atoms with Crippen molar-refractivity contribution >= 4 is 45.4 Å². The molecule has 0 aliphatic carbocycles. The minimum absolute atomic E-state index is 0.522. The summed E-state index contributed by atoms with van der Waals surface area (Å²) >= 11 is 6.26. The number of pyridine rings is 1. The highest BCUT2D eigenvalue weighted by Crippen LogP contribution is 2.33. The molecule has 3 aromatic heterocycles. The second-order valence-corrected chi connectivity index (χ2v) is 8.03. The van der Waals surface area contributed by atoms with Gasteiger partial charge in [0.15, 0.2) is 0 Å². The Morgan fingerprint density at radius 3 is 2.75 bits per heavy atom. The number of hydrogen-bond donors (Lipinski definition) is 0. The Morgan fingerprint density at radius 2 is 1.97 bits per heavy atom. The first kappa shape index (κ1) is 20.2. The monoisotopic (exact) mass is 440 g/mol. The van der Waals surface area contributed by atoms with Crippen LogP contribution in [-0.4, -0.2) is 31.6 Å². The zero-order valence-electron chi connectivity index (χ0n) is 17.8. The zero-order valence-corrected chi connectivity index (χ0v) is 18.6. The van der Waals surface area contributed by atoms with Crippen molar-refractivity contribution in [2.75, 3.05) is 11.9 Å². The molecule has 6 nitrogen and oxygen atoms in total. The van der Waals surface area contributed by atoms with Crippen LogP contribution in [0.1, 0.15) is 19.0 Å². The molecule has 5 rings (SSSR count). The van der Waals surface area contributed by atoms with E-state index in [1.54, 1.807) is 6.33 Å². The third kappa shape index (κ3) is 3.48. The topological polar surface area (TPSA) is 59.2 Å². The first-order valence-electron chi connectivity index (χ1n) is 10.3. The Morgan fingerprint density at radius 1 is 1.09 bits per heavy atom. The summed E-state index contributed by atoms with van der Waals surface area (Å²) in [6.07, 6.45) is 4.43. The number of benzene rings is 2. The second-order valence-electron chi connectivity index (χ2n) is 7.60. The number of rotatable bonds is 5. The summed E-state index contributed by atoms with van der Waals surface area (Å²) < 4.78 is 1.84. The molecule has 2 aromatic carbocycles. The van der Waals surface area contributed by atoms with Gasteiger partial charge in [-0.25, -0.2) is 0 Å². The molecule has 0 atom stereocenters. The molecule has 0 aliphatic heterocycles. The van der Waals surface area contributed by atoms with Crippen molar-refractivity contribution in [3.8, 4) is 11.1 Å². The molecule has 0 saturated carbocycles. The lowest BCUT2D eigenvalue weighted by Crippen LogP contribution is -2.13.